The molecule has 0 bridgehead atoms. The van der Waals surface area contributed by atoms with Crippen molar-refractivity contribution in [3.63, 3.8) is 0 Å². The number of nitrogen functional groups attached to an aromatic ring is 1. The molecule has 5 nitrogen and oxygen atoms in total. The Morgan fingerprint density at radius 1 is 1.25 bits per heavy atom. The van der Waals surface area contributed by atoms with Crippen LogP contribution in [0.3, 0.4) is 0 Å². The smallest absolute Gasteiger partial charge is 0.356 e. The first-order valence-electron chi connectivity index (χ1n) is 5.49. The van der Waals surface area contributed by atoms with Crippen LogP contribution < -0.4 is 10.5 Å². The van der Waals surface area contributed by atoms with E-state index < -0.39 is 5.97 Å². The van der Waals surface area contributed by atoms with Gasteiger partial charge >= 0.3 is 5.97 Å². The third kappa shape index (κ3) is 3.29. The number of nitrogens with two attached hydrogens (primary N) is 1. The van der Waals surface area contributed by atoms with Gasteiger partial charge in [0.15, 0.2) is 5.69 Å². The summed E-state index contributed by atoms with van der Waals surface area (Å²) in [6.07, 6.45) is 0. The Hall–Kier alpha value is -1.60. The van der Waals surface area contributed by atoms with E-state index in [0.29, 0.717) is 11.4 Å². The van der Waals surface area contributed by atoms with Crippen LogP contribution in [-0.2, 0) is 4.74 Å². The molecule has 0 aliphatic carbocycles. The Morgan fingerprint density at radius 2 is 2.00 bits per heavy atom. The maximum absolute atomic E-state index is 11.4. The maximum atomic E-state index is 11.4. The molecule has 0 atom stereocenters. The molecule has 7 heteroatoms. The molecular formula is C13H10Br2N2O3. The maximum Gasteiger partial charge on any atom is 0.356 e. The van der Waals surface area contributed by atoms with Crippen molar-refractivity contribution in [3.8, 4) is 11.6 Å². The summed E-state index contributed by atoms with van der Waals surface area (Å²) in [4.78, 5) is 15.5. The monoisotopic (exact) mass is 400 g/mol. The third-order valence-electron chi connectivity index (χ3n) is 2.38. The second-order valence-electron chi connectivity index (χ2n) is 3.76. The number of esters is 1. The van der Waals surface area contributed by atoms with Crippen LogP contribution in [0.4, 0.5) is 5.69 Å². The summed E-state index contributed by atoms with van der Waals surface area (Å²) >= 11 is 6.72. The van der Waals surface area contributed by atoms with E-state index in [2.05, 4.69) is 41.6 Å². The Morgan fingerprint density at radius 3 is 2.65 bits per heavy atom. The van der Waals surface area contributed by atoms with Gasteiger partial charge in [-0.05, 0) is 46.3 Å². The minimum atomic E-state index is -0.551. The van der Waals surface area contributed by atoms with E-state index in [0.717, 1.165) is 8.95 Å². The Labute approximate surface area is 132 Å². The molecule has 1 heterocycles. The standard InChI is InChI=1S/C13H10Br2N2O3/c1-19-13(18)10-4-3-9(16)12(17-10)20-11-5-2-7(14)6-8(11)15/h2-6H,16H2,1H3. The highest BCUT2D eigenvalue weighted by Crippen LogP contribution is 2.33. The molecule has 1 aromatic carbocycles. The van der Waals surface area contributed by atoms with Crippen LogP contribution in [0.5, 0.6) is 11.6 Å². The number of halogens is 2. The molecule has 0 amide bonds. The molecule has 0 saturated carbocycles. The molecule has 2 rings (SSSR count). The van der Waals surface area contributed by atoms with Crippen molar-refractivity contribution in [3.05, 3.63) is 45.0 Å². The van der Waals surface area contributed by atoms with E-state index in [1.165, 1.54) is 13.2 Å². The molecule has 0 aliphatic heterocycles. The van der Waals surface area contributed by atoms with Crippen LogP contribution >= 0.6 is 31.9 Å². The van der Waals surface area contributed by atoms with Gasteiger partial charge in [-0.25, -0.2) is 9.78 Å². The van der Waals surface area contributed by atoms with Crippen LogP contribution in [0.2, 0.25) is 0 Å². The molecule has 0 aliphatic rings. The predicted molar refractivity (Wildman–Crippen MR) is 81.9 cm³/mol. The Balaban J connectivity index is 2.35. The van der Waals surface area contributed by atoms with Crippen molar-refractivity contribution in [2.45, 2.75) is 0 Å². The average molecular weight is 402 g/mol. The number of ether oxygens (including phenoxy) is 2. The number of anilines is 1. The summed E-state index contributed by atoms with van der Waals surface area (Å²) in [6.45, 7) is 0. The molecule has 0 saturated heterocycles. The fourth-order valence-corrected chi connectivity index (χ4v) is 2.54. The van der Waals surface area contributed by atoms with Crippen LogP contribution in [0.15, 0.2) is 39.3 Å². The van der Waals surface area contributed by atoms with Gasteiger partial charge in [0.25, 0.3) is 0 Å². The molecule has 1 aromatic heterocycles. The zero-order valence-electron chi connectivity index (χ0n) is 10.4. The third-order valence-corrected chi connectivity index (χ3v) is 3.50. The lowest BCUT2D eigenvalue weighted by molar-refractivity contribution is 0.0593. The fraction of sp³-hybridized carbons (Fsp3) is 0.0769. The van der Waals surface area contributed by atoms with E-state index >= 15 is 0 Å². The number of carbonyl (C=O) groups is 1. The molecule has 20 heavy (non-hydrogen) atoms. The number of aromatic nitrogens is 1. The number of methoxy groups -OCH3 is 1. The van der Waals surface area contributed by atoms with Crippen molar-refractivity contribution in [1.29, 1.82) is 0 Å². The SMILES string of the molecule is COC(=O)c1ccc(N)c(Oc2ccc(Br)cc2Br)n1. The first-order chi connectivity index (χ1) is 9.51. The van der Waals surface area contributed by atoms with Gasteiger partial charge in [0.05, 0.1) is 17.3 Å². The lowest BCUT2D eigenvalue weighted by Gasteiger charge is -2.10. The lowest BCUT2D eigenvalue weighted by atomic mass is 10.3. The zero-order chi connectivity index (χ0) is 14.7. The van der Waals surface area contributed by atoms with Crippen LogP contribution in [-0.4, -0.2) is 18.1 Å². The van der Waals surface area contributed by atoms with Crippen molar-refractivity contribution in [2.75, 3.05) is 12.8 Å². The van der Waals surface area contributed by atoms with Gasteiger partial charge in [0.1, 0.15) is 5.75 Å². The summed E-state index contributed by atoms with van der Waals surface area (Å²) in [5.41, 5.74) is 6.25. The summed E-state index contributed by atoms with van der Waals surface area (Å²) in [5, 5.41) is 0. The number of hydrogen-bond donors (Lipinski definition) is 1. The number of nitrogens with zero attached hydrogens (tertiary/aromatic N) is 1. The molecule has 0 unspecified atom stereocenters. The van der Waals surface area contributed by atoms with Gasteiger partial charge in [-0.1, -0.05) is 15.9 Å². The van der Waals surface area contributed by atoms with Crippen molar-refractivity contribution in [1.82, 2.24) is 4.98 Å². The van der Waals surface area contributed by atoms with Gasteiger partial charge in [-0.2, -0.15) is 0 Å². The molecule has 2 N–H and O–H groups in total. The molecule has 104 valence electrons. The molecule has 2 aromatic rings. The summed E-state index contributed by atoms with van der Waals surface area (Å²) in [5.74, 6) is 0.134. The van der Waals surface area contributed by atoms with Gasteiger partial charge in [0, 0.05) is 4.47 Å². The van der Waals surface area contributed by atoms with Crippen molar-refractivity contribution in [2.24, 2.45) is 0 Å². The predicted octanol–water partition coefficient (Wildman–Crippen LogP) is 3.77. The summed E-state index contributed by atoms with van der Waals surface area (Å²) in [7, 11) is 1.28. The number of benzene rings is 1. The average Bonchev–Trinajstić information content (AvgIpc) is 2.43. The van der Waals surface area contributed by atoms with Crippen LogP contribution in [0.1, 0.15) is 10.5 Å². The minimum Gasteiger partial charge on any atom is -0.464 e. The number of hydrogen-bond acceptors (Lipinski definition) is 5. The van der Waals surface area contributed by atoms with Gasteiger partial charge < -0.3 is 15.2 Å². The Kier molecular flexibility index (Phi) is 4.61. The molecular weight excluding hydrogens is 392 g/mol. The number of carbonyl (C=O) groups excluding carboxylic acids is 1. The first kappa shape index (κ1) is 14.8. The second-order valence-corrected chi connectivity index (χ2v) is 5.53. The highest BCUT2D eigenvalue weighted by atomic mass is 79.9. The summed E-state index contributed by atoms with van der Waals surface area (Å²) in [6, 6.07) is 8.42. The van der Waals surface area contributed by atoms with E-state index in [1.807, 2.05) is 12.1 Å². The summed E-state index contributed by atoms with van der Waals surface area (Å²) < 4.78 is 11.9. The highest BCUT2D eigenvalue weighted by molar-refractivity contribution is 9.11. The number of pyridine rings is 1. The van der Waals surface area contributed by atoms with Crippen LogP contribution in [0, 0.1) is 0 Å². The van der Waals surface area contributed by atoms with Crippen LogP contribution in [0.25, 0.3) is 0 Å². The zero-order valence-corrected chi connectivity index (χ0v) is 13.6. The molecule has 0 radical (unpaired) electrons. The molecule has 0 spiro atoms. The topological polar surface area (TPSA) is 74.4 Å². The minimum absolute atomic E-state index is 0.130. The lowest BCUT2D eigenvalue weighted by Crippen LogP contribution is -2.06. The van der Waals surface area contributed by atoms with Gasteiger partial charge in [0.2, 0.25) is 5.88 Å². The van der Waals surface area contributed by atoms with E-state index in [4.69, 9.17) is 10.5 Å². The van der Waals surface area contributed by atoms with Crippen molar-refractivity contribution < 1.29 is 14.3 Å². The van der Waals surface area contributed by atoms with E-state index in [1.54, 1.807) is 12.1 Å². The molecule has 0 fully saturated rings. The number of rotatable bonds is 3. The largest absolute Gasteiger partial charge is 0.464 e. The van der Waals surface area contributed by atoms with E-state index in [9.17, 15) is 4.79 Å². The first-order valence-corrected chi connectivity index (χ1v) is 7.07. The van der Waals surface area contributed by atoms with Gasteiger partial charge in [-0.3, -0.25) is 0 Å². The normalized spacial score (nSPS) is 10.2. The van der Waals surface area contributed by atoms with Gasteiger partial charge in [-0.15, -0.1) is 0 Å². The highest BCUT2D eigenvalue weighted by Gasteiger charge is 2.13. The quantitative estimate of drug-likeness (QED) is 0.792. The van der Waals surface area contributed by atoms with E-state index in [-0.39, 0.29) is 11.6 Å². The fourth-order valence-electron chi connectivity index (χ4n) is 1.41. The van der Waals surface area contributed by atoms with Crippen molar-refractivity contribution >= 4 is 43.5 Å². The second kappa shape index (κ2) is 6.23. The Bertz CT molecular complexity index is 662.